The van der Waals surface area contributed by atoms with Gasteiger partial charge in [0.1, 0.15) is 5.75 Å². The van der Waals surface area contributed by atoms with E-state index in [1.807, 2.05) is 43.0 Å². The highest BCUT2D eigenvalue weighted by Gasteiger charge is 2.27. The van der Waals surface area contributed by atoms with E-state index in [1.54, 1.807) is 0 Å². The Morgan fingerprint density at radius 2 is 1.83 bits per heavy atom. The predicted octanol–water partition coefficient (Wildman–Crippen LogP) is 2.96. The lowest BCUT2D eigenvalue weighted by atomic mass is 9.97. The van der Waals surface area contributed by atoms with E-state index in [0.29, 0.717) is 52.0 Å². The maximum atomic E-state index is 12.2. The van der Waals surface area contributed by atoms with Gasteiger partial charge in [-0.3, -0.25) is 9.59 Å². The molecule has 1 aromatic carbocycles. The first-order chi connectivity index (χ1) is 11.6. The van der Waals surface area contributed by atoms with Gasteiger partial charge in [0.2, 0.25) is 5.91 Å². The molecule has 1 aliphatic rings. The number of nitrogens with zero attached hydrogens (tertiary/aromatic N) is 1. The minimum absolute atomic E-state index is 0.0566. The maximum Gasteiger partial charge on any atom is 0.309 e. The lowest BCUT2D eigenvalue weighted by Crippen LogP contribution is -2.40. The molecule has 0 radical (unpaired) electrons. The topological polar surface area (TPSA) is 55.8 Å². The molecule has 5 nitrogen and oxygen atoms in total. The largest absolute Gasteiger partial charge is 0.494 e. The monoisotopic (exact) mass is 333 g/mol. The van der Waals surface area contributed by atoms with Crippen molar-refractivity contribution in [2.24, 2.45) is 5.92 Å². The summed E-state index contributed by atoms with van der Waals surface area (Å²) < 4.78 is 10.7. The fraction of sp³-hybridized carbons (Fsp3) is 0.579. The molecule has 1 aliphatic heterocycles. The van der Waals surface area contributed by atoms with Gasteiger partial charge in [0.05, 0.1) is 19.1 Å². The Bertz CT molecular complexity index is 533. The second-order valence-corrected chi connectivity index (χ2v) is 6.17. The summed E-state index contributed by atoms with van der Waals surface area (Å²) in [5, 5.41) is 0. The van der Waals surface area contributed by atoms with Crippen molar-refractivity contribution < 1.29 is 19.1 Å². The molecule has 132 valence electrons. The third-order valence-electron chi connectivity index (χ3n) is 4.29. The van der Waals surface area contributed by atoms with Gasteiger partial charge in [-0.2, -0.15) is 0 Å². The van der Waals surface area contributed by atoms with E-state index < -0.39 is 0 Å². The Morgan fingerprint density at radius 1 is 1.17 bits per heavy atom. The molecule has 0 bridgehead atoms. The van der Waals surface area contributed by atoms with E-state index in [0.717, 1.165) is 5.75 Å². The van der Waals surface area contributed by atoms with Crippen LogP contribution in [0.15, 0.2) is 24.3 Å². The Hall–Kier alpha value is -2.04. The van der Waals surface area contributed by atoms with E-state index in [9.17, 15) is 9.59 Å². The number of piperidine rings is 1. The molecule has 2 rings (SSSR count). The zero-order valence-corrected chi connectivity index (χ0v) is 14.6. The summed E-state index contributed by atoms with van der Waals surface area (Å²) in [6.07, 6.45) is 2.58. The van der Waals surface area contributed by atoms with Crippen molar-refractivity contribution in [2.75, 3.05) is 26.3 Å². The fourth-order valence-electron chi connectivity index (χ4n) is 2.83. The van der Waals surface area contributed by atoms with Gasteiger partial charge in [-0.15, -0.1) is 0 Å². The van der Waals surface area contributed by atoms with Crippen molar-refractivity contribution in [3.63, 3.8) is 0 Å². The molecular formula is C19H27NO4. The summed E-state index contributed by atoms with van der Waals surface area (Å²) in [6.45, 7) is 6.08. The molecule has 1 amide bonds. The summed E-state index contributed by atoms with van der Waals surface area (Å²) in [4.78, 5) is 25.8. The molecule has 24 heavy (non-hydrogen) atoms. The van der Waals surface area contributed by atoms with Crippen LogP contribution in [0.3, 0.4) is 0 Å². The zero-order valence-electron chi connectivity index (χ0n) is 14.6. The number of carbonyl (C=O) groups excluding carboxylic acids is 2. The normalized spacial score (nSPS) is 15.2. The number of hydrogen-bond donors (Lipinski definition) is 0. The summed E-state index contributed by atoms with van der Waals surface area (Å²) >= 11 is 0. The molecule has 0 atom stereocenters. The average Bonchev–Trinajstić information content (AvgIpc) is 2.60. The standard InChI is InChI=1S/C19H27NO4/c1-3-23-19(22)16-10-12-20(13-11-16)18(21)5-4-14-24-17-8-6-15(2)7-9-17/h6-9,16H,3-5,10-14H2,1-2H3. The zero-order chi connectivity index (χ0) is 17.4. The van der Waals surface area contributed by atoms with E-state index >= 15 is 0 Å². The third kappa shape index (κ3) is 5.55. The van der Waals surface area contributed by atoms with Crippen molar-refractivity contribution >= 4 is 11.9 Å². The van der Waals surface area contributed by atoms with Crippen LogP contribution in [-0.4, -0.2) is 43.1 Å². The quantitative estimate of drug-likeness (QED) is 0.569. The van der Waals surface area contributed by atoms with Crippen molar-refractivity contribution in [3.8, 4) is 5.75 Å². The molecule has 0 aliphatic carbocycles. The minimum atomic E-state index is -0.129. The van der Waals surface area contributed by atoms with E-state index in [2.05, 4.69) is 0 Å². The number of likely N-dealkylation sites (tertiary alicyclic amines) is 1. The molecule has 1 saturated heterocycles. The van der Waals surface area contributed by atoms with Crippen LogP contribution < -0.4 is 4.74 Å². The molecule has 1 heterocycles. The molecule has 5 heteroatoms. The molecule has 0 unspecified atom stereocenters. The smallest absolute Gasteiger partial charge is 0.309 e. The van der Waals surface area contributed by atoms with Crippen molar-refractivity contribution in [3.05, 3.63) is 29.8 Å². The average molecular weight is 333 g/mol. The molecule has 0 aromatic heterocycles. The highest BCUT2D eigenvalue weighted by molar-refractivity contribution is 5.77. The summed E-state index contributed by atoms with van der Waals surface area (Å²) in [7, 11) is 0. The number of benzene rings is 1. The second-order valence-electron chi connectivity index (χ2n) is 6.17. The van der Waals surface area contributed by atoms with Crippen LogP contribution in [0.4, 0.5) is 0 Å². The van der Waals surface area contributed by atoms with E-state index in [-0.39, 0.29) is 17.8 Å². The van der Waals surface area contributed by atoms with Crippen LogP contribution in [0.5, 0.6) is 5.75 Å². The fourth-order valence-corrected chi connectivity index (χ4v) is 2.83. The Labute approximate surface area is 143 Å². The van der Waals surface area contributed by atoms with Gasteiger partial charge >= 0.3 is 5.97 Å². The number of aryl methyl sites for hydroxylation is 1. The third-order valence-corrected chi connectivity index (χ3v) is 4.29. The highest BCUT2D eigenvalue weighted by atomic mass is 16.5. The Kier molecular flexibility index (Phi) is 7.09. The molecule has 0 N–H and O–H groups in total. The van der Waals surface area contributed by atoms with Crippen LogP contribution in [-0.2, 0) is 14.3 Å². The molecule has 0 saturated carbocycles. The predicted molar refractivity (Wildman–Crippen MR) is 91.8 cm³/mol. The van der Waals surface area contributed by atoms with Crippen molar-refractivity contribution in [1.82, 2.24) is 4.90 Å². The minimum Gasteiger partial charge on any atom is -0.494 e. The van der Waals surface area contributed by atoms with Crippen LogP contribution >= 0.6 is 0 Å². The molecule has 0 spiro atoms. The van der Waals surface area contributed by atoms with Crippen LogP contribution in [0, 0.1) is 12.8 Å². The summed E-state index contributed by atoms with van der Waals surface area (Å²) in [5.41, 5.74) is 1.20. The number of ether oxygens (including phenoxy) is 2. The van der Waals surface area contributed by atoms with Gasteiger partial charge in [-0.25, -0.2) is 0 Å². The van der Waals surface area contributed by atoms with Crippen LogP contribution in [0.2, 0.25) is 0 Å². The van der Waals surface area contributed by atoms with Crippen LogP contribution in [0.1, 0.15) is 38.2 Å². The first-order valence-electron chi connectivity index (χ1n) is 8.74. The van der Waals surface area contributed by atoms with Gasteiger partial charge in [0, 0.05) is 19.5 Å². The molecule has 1 fully saturated rings. The lowest BCUT2D eigenvalue weighted by Gasteiger charge is -2.31. The number of rotatable bonds is 7. The summed E-state index contributed by atoms with van der Waals surface area (Å²) in [6, 6.07) is 7.90. The Morgan fingerprint density at radius 3 is 2.46 bits per heavy atom. The van der Waals surface area contributed by atoms with Gasteiger partial charge in [-0.1, -0.05) is 17.7 Å². The first kappa shape index (κ1) is 18.3. The van der Waals surface area contributed by atoms with Gasteiger partial charge in [0.25, 0.3) is 0 Å². The van der Waals surface area contributed by atoms with Gasteiger partial charge in [-0.05, 0) is 45.2 Å². The number of carbonyl (C=O) groups is 2. The lowest BCUT2D eigenvalue weighted by molar-refractivity contribution is -0.151. The molecular weight excluding hydrogens is 306 g/mol. The maximum absolute atomic E-state index is 12.2. The van der Waals surface area contributed by atoms with Crippen molar-refractivity contribution in [2.45, 2.75) is 39.5 Å². The highest BCUT2D eigenvalue weighted by Crippen LogP contribution is 2.19. The SMILES string of the molecule is CCOC(=O)C1CCN(C(=O)CCCOc2ccc(C)cc2)CC1. The van der Waals surface area contributed by atoms with Gasteiger partial charge < -0.3 is 14.4 Å². The number of amides is 1. The first-order valence-corrected chi connectivity index (χ1v) is 8.74. The second kappa shape index (κ2) is 9.30. The molecule has 1 aromatic rings. The van der Waals surface area contributed by atoms with E-state index in [4.69, 9.17) is 9.47 Å². The summed E-state index contributed by atoms with van der Waals surface area (Å²) in [5.74, 6) is 0.795. The Balaban J connectivity index is 1.63. The van der Waals surface area contributed by atoms with E-state index in [1.165, 1.54) is 5.56 Å². The van der Waals surface area contributed by atoms with Crippen molar-refractivity contribution in [1.29, 1.82) is 0 Å². The number of hydrogen-bond acceptors (Lipinski definition) is 4. The van der Waals surface area contributed by atoms with Crippen LogP contribution in [0.25, 0.3) is 0 Å². The van der Waals surface area contributed by atoms with Gasteiger partial charge in [0.15, 0.2) is 0 Å². The number of esters is 1.